The molecule has 5 N–H and O–H groups in total. The average molecular weight is 418 g/mol. The minimum atomic E-state index is -3.92. The molecule has 8 nitrogen and oxygen atoms in total. The topological polar surface area (TPSA) is 126 Å². The van der Waals surface area contributed by atoms with Gasteiger partial charge in [0.15, 0.2) is 10.8 Å². The number of anilines is 2. The number of nitrogens with zero attached hydrogens (tertiary/aromatic N) is 1. The first kappa shape index (κ1) is 19.9. The smallest absolute Gasteiger partial charge is 0.276 e. The number of carbonyl (C=O) groups excluding carboxylic acids is 1. The number of rotatable bonds is 4. The number of thiocarbonyl (C=S) groups is 1. The van der Waals surface area contributed by atoms with E-state index in [2.05, 4.69) is 35.0 Å². The molecule has 1 amide bonds. The number of para-hydroxylation sites is 1. The summed E-state index contributed by atoms with van der Waals surface area (Å²) in [4.78, 5) is 12.1. The van der Waals surface area contributed by atoms with Crippen molar-refractivity contribution in [2.45, 2.75) is 24.7 Å². The molecule has 10 heteroatoms. The van der Waals surface area contributed by atoms with Gasteiger partial charge in [0.1, 0.15) is 4.90 Å². The number of nitrogens with one attached hydrogen (secondary N) is 3. The lowest BCUT2D eigenvalue weighted by atomic mass is 9.99. The van der Waals surface area contributed by atoms with Gasteiger partial charge in [0.25, 0.3) is 5.91 Å². The van der Waals surface area contributed by atoms with E-state index in [-0.39, 0.29) is 27.3 Å². The van der Waals surface area contributed by atoms with E-state index in [4.69, 9.17) is 17.4 Å². The lowest BCUT2D eigenvalue weighted by Crippen LogP contribution is -2.28. The molecule has 1 aliphatic heterocycles. The molecule has 0 saturated carbocycles. The molecule has 0 aliphatic carbocycles. The molecule has 1 aliphatic rings. The highest BCUT2D eigenvalue weighted by atomic mass is 32.2. The fourth-order valence-electron chi connectivity index (χ4n) is 2.72. The number of nitrogens with two attached hydrogens (primary N) is 1. The molecule has 2 aromatic rings. The Labute approximate surface area is 168 Å². The molecule has 0 spiro atoms. The average Bonchev–Trinajstić information content (AvgIpc) is 2.93. The van der Waals surface area contributed by atoms with Crippen LogP contribution in [0.5, 0.6) is 0 Å². The maximum absolute atomic E-state index is 12.2. The largest absolute Gasteiger partial charge is 0.330 e. The first-order valence-electron chi connectivity index (χ1n) is 8.39. The van der Waals surface area contributed by atoms with Crippen LogP contribution in [0.3, 0.4) is 0 Å². The molecule has 146 valence electrons. The third-order valence-electron chi connectivity index (χ3n) is 4.14. The summed E-state index contributed by atoms with van der Waals surface area (Å²) in [6.07, 6.45) is 0. The SMILES string of the molecule is CC(C)c1ccc2c(c1)C(=NNC(=S)Nc1ccccc1S(N)(=O)=O)C(=O)N2. The summed E-state index contributed by atoms with van der Waals surface area (Å²) in [5.41, 5.74) is 5.42. The monoisotopic (exact) mass is 417 g/mol. The second-order valence-electron chi connectivity index (χ2n) is 6.48. The van der Waals surface area contributed by atoms with E-state index in [0.717, 1.165) is 5.56 Å². The Hall–Kier alpha value is -2.82. The van der Waals surface area contributed by atoms with Gasteiger partial charge in [-0.3, -0.25) is 10.2 Å². The number of fused-ring (bicyclic) bond motifs is 1. The summed E-state index contributed by atoms with van der Waals surface area (Å²) in [5.74, 6) is -0.0520. The molecule has 0 atom stereocenters. The highest BCUT2D eigenvalue weighted by molar-refractivity contribution is 7.89. The molecular weight excluding hydrogens is 398 g/mol. The van der Waals surface area contributed by atoms with E-state index in [1.165, 1.54) is 12.1 Å². The van der Waals surface area contributed by atoms with Crippen LogP contribution in [-0.4, -0.2) is 25.1 Å². The van der Waals surface area contributed by atoms with Crippen LogP contribution >= 0.6 is 12.2 Å². The van der Waals surface area contributed by atoms with Crippen molar-refractivity contribution in [3.63, 3.8) is 0 Å². The number of sulfonamides is 1. The predicted molar refractivity (Wildman–Crippen MR) is 113 cm³/mol. The molecule has 0 aromatic heterocycles. The lowest BCUT2D eigenvalue weighted by molar-refractivity contribution is -0.110. The second kappa shape index (κ2) is 7.66. The van der Waals surface area contributed by atoms with Gasteiger partial charge in [0, 0.05) is 5.56 Å². The normalized spacial score (nSPS) is 14.7. The fraction of sp³-hybridized carbons (Fsp3) is 0.167. The van der Waals surface area contributed by atoms with E-state index >= 15 is 0 Å². The Morgan fingerprint density at radius 3 is 2.61 bits per heavy atom. The molecular formula is C18H19N5O3S2. The number of hydrogen-bond donors (Lipinski definition) is 4. The van der Waals surface area contributed by atoms with Gasteiger partial charge >= 0.3 is 0 Å². The van der Waals surface area contributed by atoms with Gasteiger partial charge in [-0.1, -0.05) is 32.0 Å². The lowest BCUT2D eigenvalue weighted by Gasteiger charge is -2.11. The Kier molecular flexibility index (Phi) is 5.45. The Bertz CT molecular complexity index is 1090. The van der Waals surface area contributed by atoms with Crippen LogP contribution in [0.15, 0.2) is 52.5 Å². The molecule has 0 bridgehead atoms. The third-order valence-corrected chi connectivity index (χ3v) is 5.30. The van der Waals surface area contributed by atoms with Crippen molar-refractivity contribution in [1.29, 1.82) is 0 Å². The summed E-state index contributed by atoms with van der Waals surface area (Å²) in [6.45, 7) is 4.12. The number of hydrogen-bond acceptors (Lipinski definition) is 5. The molecule has 1 heterocycles. The van der Waals surface area contributed by atoms with Crippen molar-refractivity contribution in [3.05, 3.63) is 53.6 Å². The fourth-order valence-corrected chi connectivity index (χ4v) is 3.57. The van der Waals surface area contributed by atoms with Crippen molar-refractivity contribution in [1.82, 2.24) is 5.43 Å². The highest BCUT2D eigenvalue weighted by Crippen LogP contribution is 2.27. The highest BCUT2D eigenvalue weighted by Gasteiger charge is 2.27. The van der Waals surface area contributed by atoms with Crippen LogP contribution in [0.4, 0.5) is 11.4 Å². The zero-order valence-electron chi connectivity index (χ0n) is 15.2. The van der Waals surface area contributed by atoms with Gasteiger partial charge in [-0.05, 0) is 48.0 Å². The summed E-state index contributed by atoms with van der Waals surface area (Å²) in [5, 5.41) is 14.8. The van der Waals surface area contributed by atoms with Gasteiger partial charge in [-0.2, -0.15) is 5.10 Å². The van der Waals surface area contributed by atoms with Crippen molar-refractivity contribution in [2.24, 2.45) is 10.2 Å². The zero-order chi connectivity index (χ0) is 20.5. The van der Waals surface area contributed by atoms with Crippen LogP contribution in [-0.2, 0) is 14.8 Å². The van der Waals surface area contributed by atoms with Gasteiger partial charge in [0.05, 0.1) is 11.4 Å². The van der Waals surface area contributed by atoms with Gasteiger partial charge in [-0.15, -0.1) is 0 Å². The molecule has 2 aromatic carbocycles. The minimum absolute atomic E-state index is 0.0184. The first-order chi connectivity index (χ1) is 13.2. The van der Waals surface area contributed by atoms with Crippen molar-refractivity contribution in [2.75, 3.05) is 10.6 Å². The van der Waals surface area contributed by atoms with E-state index in [1.807, 2.05) is 18.2 Å². The van der Waals surface area contributed by atoms with Crippen molar-refractivity contribution >= 4 is 50.3 Å². The Morgan fingerprint density at radius 2 is 1.93 bits per heavy atom. The summed E-state index contributed by atoms with van der Waals surface area (Å²) in [7, 11) is -3.92. The van der Waals surface area contributed by atoms with Crippen LogP contribution in [0, 0.1) is 0 Å². The van der Waals surface area contributed by atoms with E-state index < -0.39 is 10.0 Å². The third kappa shape index (κ3) is 4.19. The summed E-state index contributed by atoms with van der Waals surface area (Å²) < 4.78 is 23.3. The van der Waals surface area contributed by atoms with Crippen LogP contribution in [0.2, 0.25) is 0 Å². The quantitative estimate of drug-likeness (QED) is 0.446. The van der Waals surface area contributed by atoms with Crippen LogP contribution in [0.25, 0.3) is 0 Å². The summed E-state index contributed by atoms with van der Waals surface area (Å²) in [6, 6.07) is 11.8. The number of hydrazone groups is 1. The van der Waals surface area contributed by atoms with Crippen molar-refractivity contribution < 1.29 is 13.2 Å². The van der Waals surface area contributed by atoms with E-state index in [9.17, 15) is 13.2 Å². The second-order valence-corrected chi connectivity index (χ2v) is 8.42. The number of carbonyl (C=O) groups is 1. The van der Waals surface area contributed by atoms with Gasteiger partial charge < -0.3 is 10.6 Å². The maximum atomic E-state index is 12.2. The predicted octanol–water partition coefficient (Wildman–Crippen LogP) is 2.10. The van der Waals surface area contributed by atoms with Gasteiger partial charge in [0.2, 0.25) is 10.0 Å². The van der Waals surface area contributed by atoms with E-state index in [1.54, 1.807) is 12.1 Å². The maximum Gasteiger partial charge on any atom is 0.276 e. The first-order valence-corrected chi connectivity index (χ1v) is 10.3. The molecule has 0 unspecified atom stereocenters. The summed E-state index contributed by atoms with van der Waals surface area (Å²) >= 11 is 5.16. The minimum Gasteiger partial charge on any atom is -0.330 e. The molecule has 28 heavy (non-hydrogen) atoms. The van der Waals surface area contributed by atoms with Crippen molar-refractivity contribution in [3.8, 4) is 0 Å². The Morgan fingerprint density at radius 1 is 1.21 bits per heavy atom. The standard InChI is InChI=1S/C18H19N5O3S2/c1-10(2)11-7-8-13-12(9-11)16(17(24)20-13)22-23-18(27)21-14-5-3-4-6-15(14)28(19,25)26/h3-10H,1-2H3,(H2,19,25,26)(H,20,22,24)(H2,21,23,27). The number of primary sulfonamides is 1. The molecule has 0 radical (unpaired) electrons. The number of benzene rings is 2. The number of amides is 1. The van der Waals surface area contributed by atoms with Crippen LogP contribution in [0.1, 0.15) is 30.9 Å². The molecule has 0 saturated heterocycles. The van der Waals surface area contributed by atoms with Crippen LogP contribution < -0.4 is 21.2 Å². The molecule has 0 fully saturated rings. The Balaban J connectivity index is 1.81. The molecule has 3 rings (SSSR count). The van der Waals surface area contributed by atoms with E-state index in [0.29, 0.717) is 17.2 Å². The van der Waals surface area contributed by atoms with Gasteiger partial charge in [-0.25, -0.2) is 13.6 Å². The zero-order valence-corrected chi connectivity index (χ0v) is 16.8.